The van der Waals surface area contributed by atoms with Crippen molar-refractivity contribution < 1.29 is 31.1 Å². The Morgan fingerprint density at radius 1 is 0.968 bits per heavy atom. The number of hydrazine groups is 1. The second kappa shape index (κ2) is 8.62. The Morgan fingerprint density at radius 2 is 1.65 bits per heavy atom. The number of pyridine rings is 1. The van der Waals surface area contributed by atoms with E-state index in [1.54, 1.807) is 18.2 Å². The summed E-state index contributed by atoms with van der Waals surface area (Å²) >= 11 is 0. The molecule has 0 bridgehead atoms. The third kappa shape index (κ3) is 5.93. The first-order chi connectivity index (χ1) is 14.5. The van der Waals surface area contributed by atoms with E-state index in [1.165, 1.54) is 6.20 Å². The van der Waals surface area contributed by atoms with E-state index in [1.807, 2.05) is 0 Å². The van der Waals surface area contributed by atoms with E-state index in [4.69, 9.17) is 0 Å². The fourth-order valence-corrected chi connectivity index (χ4v) is 2.47. The van der Waals surface area contributed by atoms with Crippen LogP contribution in [0, 0.1) is 0 Å². The fraction of sp³-hybridized carbons (Fsp3) is 0.222. The number of alkyl halides is 6. The number of aromatic nitrogens is 4. The maximum absolute atomic E-state index is 13.0. The number of hydrogen-bond acceptors (Lipinski definition) is 5. The molecular weight excluding hydrogens is 430 g/mol. The molecule has 2 aromatic heterocycles. The van der Waals surface area contributed by atoms with Gasteiger partial charge in [-0.3, -0.25) is 20.3 Å². The molecule has 0 aliphatic rings. The molecule has 1 aromatic carbocycles. The molecule has 1 amide bonds. The van der Waals surface area contributed by atoms with Crippen LogP contribution in [-0.2, 0) is 23.7 Å². The normalized spacial score (nSPS) is 11.9. The van der Waals surface area contributed by atoms with Gasteiger partial charge in [0, 0.05) is 18.2 Å². The lowest BCUT2D eigenvalue weighted by atomic mass is 10.0. The van der Waals surface area contributed by atoms with Crippen LogP contribution in [0.25, 0.3) is 11.4 Å². The van der Waals surface area contributed by atoms with Gasteiger partial charge in [0.15, 0.2) is 5.82 Å². The Balaban J connectivity index is 1.69. The average molecular weight is 444 g/mol. The number of nitrogens with zero attached hydrogens (tertiary/aromatic N) is 4. The number of carbonyl (C=O) groups excluding carboxylic acids is 1. The Hall–Kier alpha value is -3.64. The van der Waals surface area contributed by atoms with Crippen molar-refractivity contribution in [1.29, 1.82) is 0 Å². The molecule has 0 aliphatic heterocycles. The third-order valence-corrected chi connectivity index (χ3v) is 3.95. The molecule has 2 N–H and O–H groups in total. The summed E-state index contributed by atoms with van der Waals surface area (Å²) in [5.41, 5.74) is 1.61. The summed E-state index contributed by atoms with van der Waals surface area (Å²) in [5.74, 6) is -0.367. The number of hydrogen-bond donors (Lipinski definition) is 2. The van der Waals surface area contributed by atoms with Crippen molar-refractivity contribution in [3.63, 3.8) is 0 Å². The van der Waals surface area contributed by atoms with Crippen LogP contribution in [0.15, 0.2) is 48.9 Å². The molecule has 31 heavy (non-hydrogen) atoms. The highest BCUT2D eigenvalue weighted by molar-refractivity contribution is 5.77. The lowest BCUT2D eigenvalue weighted by molar-refractivity contribution is -0.143. The molecule has 0 spiro atoms. The number of aryl methyl sites for hydroxylation is 1. The van der Waals surface area contributed by atoms with E-state index >= 15 is 0 Å². The highest BCUT2D eigenvalue weighted by Gasteiger charge is 2.37. The van der Waals surface area contributed by atoms with Crippen molar-refractivity contribution in [2.45, 2.75) is 25.3 Å². The SMILES string of the molecule is O=C(CCn1cnc(-c2cc(C(F)(F)F)cc(C(F)(F)F)c2)n1)NNc1ccccn1. The molecule has 0 aliphatic carbocycles. The lowest BCUT2D eigenvalue weighted by Crippen LogP contribution is -2.30. The van der Waals surface area contributed by atoms with E-state index in [2.05, 4.69) is 25.9 Å². The van der Waals surface area contributed by atoms with Gasteiger partial charge in [-0.15, -0.1) is 0 Å². The molecule has 0 atom stereocenters. The monoisotopic (exact) mass is 444 g/mol. The number of halogens is 6. The average Bonchev–Trinajstić information content (AvgIpc) is 3.19. The predicted octanol–water partition coefficient (Wildman–Crippen LogP) is 3.91. The van der Waals surface area contributed by atoms with Gasteiger partial charge in [0.1, 0.15) is 12.1 Å². The van der Waals surface area contributed by atoms with Crippen molar-refractivity contribution in [2.24, 2.45) is 0 Å². The number of carbonyl (C=O) groups is 1. The van der Waals surface area contributed by atoms with Crippen molar-refractivity contribution in [3.05, 3.63) is 60.0 Å². The Labute approximate surface area is 171 Å². The van der Waals surface area contributed by atoms with Crippen molar-refractivity contribution in [1.82, 2.24) is 25.2 Å². The molecule has 3 rings (SSSR count). The number of benzene rings is 1. The van der Waals surface area contributed by atoms with Gasteiger partial charge in [0.25, 0.3) is 0 Å². The van der Waals surface area contributed by atoms with Crippen molar-refractivity contribution in [2.75, 3.05) is 5.43 Å². The number of nitrogens with one attached hydrogen (secondary N) is 2. The summed E-state index contributed by atoms with van der Waals surface area (Å²) in [6, 6.07) is 6.12. The van der Waals surface area contributed by atoms with Crippen LogP contribution >= 0.6 is 0 Å². The highest BCUT2D eigenvalue weighted by atomic mass is 19.4. The van der Waals surface area contributed by atoms with Gasteiger partial charge in [-0.25, -0.2) is 9.97 Å². The number of rotatable bonds is 6. The second-order valence-corrected chi connectivity index (χ2v) is 6.26. The van der Waals surface area contributed by atoms with Crippen LogP contribution in [-0.4, -0.2) is 25.7 Å². The highest BCUT2D eigenvalue weighted by Crippen LogP contribution is 2.38. The Morgan fingerprint density at radius 3 is 2.23 bits per heavy atom. The standard InChI is InChI=1S/C18H14F6N6O/c19-17(20,21)12-7-11(8-13(9-12)18(22,23)24)16-26-10-30(29-16)6-4-15(31)28-27-14-3-1-2-5-25-14/h1-3,5,7-10H,4,6H2,(H,25,27)(H,28,31). The van der Waals surface area contributed by atoms with Gasteiger partial charge in [-0.1, -0.05) is 6.07 Å². The molecule has 0 fully saturated rings. The van der Waals surface area contributed by atoms with E-state index in [9.17, 15) is 31.1 Å². The molecule has 3 aromatic rings. The lowest BCUT2D eigenvalue weighted by Gasteiger charge is -2.13. The number of amides is 1. The van der Waals surface area contributed by atoms with Crippen LogP contribution in [0.1, 0.15) is 17.5 Å². The Kier molecular flexibility index (Phi) is 6.13. The minimum absolute atomic E-state index is 0.00613. The first kappa shape index (κ1) is 22.1. The first-order valence-electron chi connectivity index (χ1n) is 8.67. The Bertz CT molecular complexity index is 1020. The minimum atomic E-state index is -4.97. The predicted molar refractivity (Wildman–Crippen MR) is 96.1 cm³/mol. The largest absolute Gasteiger partial charge is 0.416 e. The summed E-state index contributed by atoms with van der Waals surface area (Å²) < 4.78 is 79.1. The zero-order chi connectivity index (χ0) is 22.6. The first-order valence-corrected chi connectivity index (χ1v) is 8.67. The molecule has 0 radical (unpaired) electrons. The van der Waals surface area contributed by atoms with Gasteiger partial charge in [-0.05, 0) is 30.3 Å². The molecule has 0 saturated carbocycles. The smallest absolute Gasteiger partial charge is 0.282 e. The van der Waals surface area contributed by atoms with E-state index in [-0.39, 0.29) is 24.9 Å². The van der Waals surface area contributed by atoms with Crippen LogP contribution < -0.4 is 10.9 Å². The topological polar surface area (TPSA) is 84.7 Å². The molecule has 2 heterocycles. The van der Waals surface area contributed by atoms with Crippen LogP contribution in [0.4, 0.5) is 32.2 Å². The maximum atomic E-state index is 13.0. The van der Waals surface area contributed by atoms with Crippen LogP contribution in [0.3, 0.4) is 0 Å². The molecular formula is C18H14F6N6O. The van der Waals surface area contributed by atoms with E-state index in [0.29, 0.717) is 18.0 Å². The van der Waals surface area contributed by atoms with Gasteiger partial charge in [-0.2, -0.15) is 31.4 Å². The summed E-state index contributed by atoms with van der Waals surface area (Å²) in [6.45, 7) is -0.00613. The maximum Gasteiger partial charge on any atom is 0.416 e. The third-order valence-electron chi connectivity index (χ3n) is 3.95. The van der Waals surface area contributed by atoms with Crippen molar-refractivity contribution in [3.8, 4) is 11.4 Å². The number of anilines is 1. The molecule has 7 nitrogen and oxygen atoms in total. The minimum Gasteiger partial charge on any atom is -0.282 e. The molecule has 0 unspecified atom stereocenters. The summed E-state index contributed by atoms with van der Waals surface area (Å²) in [6.07, 6.45) is -7.40. The van der Waals surface area contributed by atoms with Gasteiger partial charge < -0.3 is 0 Å². The second-order valence-electron chi connectivity index (χ2n) is 6.26. The fourth-order valence-electron chi connectivity index (χ4n) is 2.47. The molecule has 13 heteroatoms. The summed E-state index contributed by atoms with van der Waals surface area (Å²) in [7, 11) is 0. The van der Waals surface area contributed by atoms with Gasteiger partial charge >= 0.3 is 12.4 Å². The van der Waals surface area contributed by atoms with Crippen molar-refractivity contribution >= 4 is 11.7 Å². The molecule has 164 valence electrons. The van der Waals surface area contributed by atoms with Crippen LogP contribution in [0.5, 0.6) is 0 Å². The summed E-state index contributed by atoms with van der Waals surface area (Å²) in [4.78, 5) is 19.6. The van der Waals surface area contributed by atoms with Crippen LogP contribution in [0.2, 0.25) is 0 Å². The van der Waals surface area contributed by atoms with Gasteiger partial charge in [0.05, 0.1) is 17.7 Å². The zero-order valence-electron chi connectivity index (χ0n) is 15.5. The quantitative estimate of drug-likeness (QED) is 0.445. The van der Waals surface area contributed by atoms with Gasteiger partial charge in [0.2, 0.25) is 5.91 Å². The van der Waals surface area contributed by atoms with E-state index < -0.39 is 35.0 Å². The molecule has 0 saturated heterocycles. The summed E-state index contributed by atoms with van der Waals surface area (Å²) in [5, 5.41) is 3.88. The van der Waals surface area contributed by atoms with E-state index in [0.717, 1.165) is 11.0 Å². The zero-order valence-corrected chi connectivity index (χ0v) is 15.5.